The Hall–Kier alpha value is -2.21. The van der Waals surface area contributed by atoms with E-state index >= 15 is 0 Å². The van der Waals surface area contributed by atoms with Crippen LogP contribution < -0.4 is 0 Å². The Morgan fingerprint density at radius 1 is 1.21 bits per heavy atom. The fourth-order valence-corrected chi connectivity index (χ4v) is 2.31. The molecule has 0 atom stereocenters. The molecule has 0 aliphatic rings. The highest BCUT2D eigenvalue weighted by Gasteiger charge is 2.11. The number of carbonyl (C=O) groups is 1. The first-order valence-electron chi connectivity index (χ1n) is 5.50. The zero-order valence-electron chi connectivity index (χ0n) is 9.62. The first kappa shape index (κ1) is 11.9. The summed E-state index contributed by atoms with van der Waals surface area (Å²) in [6, 6.07) is 12.3. The van der Waals surface area contributed by atoms with Crippen LogP contribution in [0.2, 0.25) is 0 Å². The molecular formula is C13H8BrN3O2. The maximum Gasteiger partial charge on any atom is 0.335 e. The predicted molar refractivity (Wildman–Crippen MR) is 73.5 cm³/mol. The van der Waals surface area contributed by atoms with E-state index in [1.54, 1.807) is 16.8 Å². The van der Waals surface area contributed by atoms with Crippen LogP contribution in [0.3, 0.4) is 0 Å². The average molecular weight is 318 g/mol. The number of halogens is 1. The van der Waals surface area contributed by atoms with E-state index in [0.29, 0.717) is 11.0 Å². The van der Waals surface area contributed by atoms with Crippen molar-refractivity contribution in [2.45, 2.75) is 0 Å². The molecule has 0 unspecified atom stereocenters. The van der Waals surface area contributed by atoms with Gasteiger partial charge in [-0.3, -0.25) is 0 Å². The van der Waals surface area contributed by atoms with E-state index in [2.05, 4.69) is 26.2 Å². The first-order valence-corrected chi connectivity index (χ1v) is 6.30. The van der Waals surface area contributed by atoms with E-state index in [4.69, 9.17) is 5.11 Å². The summed E-state index contributed by atoms with van der Waals surface area (Å²) < 4.78 is 2.48. The van der Waals surface area contributed by atoms with Gasteiger partial charge in [-0.05, 0) is 46.3 Å². The third-order valence-corrected chi connectivity index (χ3v) is 3.44. The van der Waals surface area contributed by atoms with Crippen LogP contribution in [0.5, 0.6) is 0 Å². The number of para-hydroxylation sites is 1. The van der Waals surface area contributed by atoms with Crippen LogP contribution in [0.4, 0.5) is 0 Å². The average Bonchev–Trinajstić information content (AvgIpc) is 2.82. The quantitative estimate of drug-likeness (QED) is 0.789. The molecule has 0 amide bonds. The maximum absolute atomic E-state index is 11.0. The summed E-state index contributed by atoms with van der Waals surface area (Å²) in [5.41, 5.74) is 2.34. The van der Waals surface area contributed by atoms with Gasteiger partial charge in [-0.2, -0.15) is 0 Å². The molecule has 0 saturated carbocycles. The minimum absolute atomic E-state index is 0.211. The second-order valence-electron chi connectivity index (χ2n) is 3.96. The Morgan fingerprint density at radius 3 is 2.74 bits per heavy atom. The van der Waals surface area contributed by atoms with Crippen LogP contribution in [-0.4, -0.2) is 26.1 Å². The van der Waals surface area contributed by atoms with E-state index in [9.17, 15) is 4.79 Å². The van der Waals surface area contributed by atoms with Crippen LogP contribution in [0.1, 0.15) is 10.4 Å². The number of hydrogen-bond acceptors (Lipinski definition) is 3. The Labute approximate surface area is 116 Å². The number of carboxylic acid groups (broad SMARTS) is 1. The normalized spacial score (nSPS) is 10.8. The van der Waals surface area contributed by atoms with Gasteiger partial charge in [0.05, 0.1) is 16.8 Å². The number of fused-ring (bicyclic) bond motifs is 1. The monoisotopic (exact) mass is 317 g/mol. The highest BCUT2D eigenvalue weighted by molar-refractivity contribution is 9.10. The van der Waals surface area contributed by atoms with Crippen LogP contribution in [0.15, 0.2) is 46.9 Å². The molecule has 3 rings (SSSR count). The molecule has 1 aromatic heterocycles. The Balaban J connectivity index is 2.27. The topological polar surface area (TPSA) is 68.0 Å². The first-order chi connectivity index (χ1) is 9.16. The molecule has 0 radical (unpaired) electrons. The van der Waals surface area contributed by atoms with Gasteiger partial charge >= 0.3 is 5.97 Å². The molecule has 0 fully saturated rings. The zero-order valence-corrected chi connectivity index (χ0v) is 11.2. The van der Waals surface area contributed by atoms with Gasteiger partial charge in [0.2, 0.25) is 0 Å². The van der Waals surface area contributed by atoms with E-state index in [1.165, 1.54) is 6.07 Å². The van der Waals surface area contributed by atoms with Crippen molar-refractivity contribution in [2.75, 3.05) is 0 Å². The third-order valence-electron chi connectivity index (χ3n) is 2.77. The molecule has 94 valence electrons. The van der Waals surface area contributed by atoms with Crippen LogP contribution >= 0.6 is 15.9 Å². The van der Waals surface area contributed by atoms with Crippen molar-refractivity contribution in [1.29, 1.82) is 0 Å². The van der Waals surface area contributed by atoms with E-state index in [0.717, 1.165) is 10.2 Å². The van der Waals surface area contributed by atoms with Gasteiger partial charge in [0.1, 0.15) is 5.52 Å². The highest BCUT2D eigenvalue weighted by atomic mass is 79.9. The molecule has 0 aliphatic heterocycles. The van der Waals surface area contributed by atoms with Gasteiger partial charge in [0, 0.05) is 4.47 Å². The van der Waals surface area contributed by atoms with Crippen molar-refractivity contribution in [3.63, 3.8) is 0 Å². The van der Waals surface area contributed by atoms with Crippen LogP contribution in [-0.2, 0) is 0 Å². The van der Waals surface area contributed by atoms with Crippen molar-refractivity contribution in [1.82, 2.24) is 15.0 Å². The molecule has 5 nitrogen and oxygen atoms in total. The summed E-state index contributed by atoms with van der Waals surface area (Å²) in [5, 5.41) is 17.1. The maximum atomic E-state index is 11.0. The molecule has 0 aliphatic carbocycles. The van der Waals surface area contributed by atoms with Gasteiger partial charge in [-0.25, -0.2) is 9.48 Å². The number of carboxylic acids is 1. The lowest BCUT2D eigenvalue weighted by atomic mass is 10.2. The van der Waals surface area contributed by atoms with Crippen LogP contribution in [0.25, 0.3) is 16.7 Å². The van der Waals surface area contributed by atoms with E-state index in [1.807, 2.05) is 24.3 Å². The molecule has 6 heteroatoms. The second kappa shape index (κ2) is 4.47. The smallest absolute Gasteiger partial charge is 0.335 e. The summed E-state index contributed by atoms with van der Waals surface area (Å²) in [7, 11) is 0. The molecule has 1 heterocycles. The largest absolute Gasteiger partial charge is 0.478 e. The fourth-order valence-electron chi connectivity index (χ4n) is 1.85. The minimum Gasteiger partial charge on any atom is -0.478 e. The summed E-state index contributed by atoms with van der Waals surface area (Å²) >= 11 is 3.45. The summed E-state index contributed by atoms with van der Waals surface area (Å²) in [6.07, 6.45) is 0. The molecule has 0 bridgehead atoms. The number of aromatic carboxylic acids is 1. The third kappa shape index (κ3) is 2.00. The lowest BCUT2D eigenvalue weighted by Gasteiger charge is -2.04. The number of aromatic nitrogens is 3. The van der Waals surface area contributed by atoms with Gasteiger partial charge in [-0.15, -0.1) is 5.10 Å². The van der Waals surface area contributed by atoms with E-state index in [-0.39, 0.29) is 5.56 Å². The van der Waals surface area contributed by atoms with Gasteiger partial charge < -0.3 is 5.11 Å². The summed E-state index contributed by atoms with van der Waals surface area (Å²) in [6.45, 7) is 0. The summed E-state index contributed by atoms with van der Waals surface area (Å²) in [4.78, 5) is 11.0. The van der Waals surface area contributed by atoms with Crippen molar-refractivity contribution in [3.05, 3.63) is 52.5 Å². The number of nitrogens with zero attached hydrogens (tertiary/aromatic N) is 3. The van der Waals surface area contributed by atoms with Crippen molar-refractivity contribution in [3.8, 4) is 5.69 Å². The fraction of sp³-hybridized carbons (Fsp3) is 0. The number of hydrogen-bond donors (Lipinski definition) is 1. The minimum atomic E-state index is -0.971. The molecular weight excluding hydrogens is 310 g/mol. The van der Waals surface area contributed by atoms with Crippen molar-refractivity contribution >= 4 is 32.9 Å². The molecule has 3 aromatic rings. The predicted octanol–water partition coefficient (Wildman–Crippen LogP) is 2.88. The second-order valence-corrected chi connectivity index (χ2v) is 4.82. The number of benzene rings is 2. The SMILES string of the molecule is O=C(O)c1ccc2nnn(-c3ccccc3Br)c2c1. The lowest BCUT2D eigenvalue weighted by Crippen LogP contribution is -1.99. The summed E-state index contributed by atoms with van der Waals surface area (Å²) in [5.74, 6) is -0.971. The Morgan fingerprint density at radius 2 is 2.00 bits per heavy atom. The van der Waals surface area contributed by atoms with Gasteiger partial charge in [-0.1, -0.05) is 17.3 Å². The zero-order chi connectivity index (χ0) is 13.4. The highest BCUT2D eigenvalue weighted by Crippen LogP contribution is 2.23. The number of rotatable bonds is 2. The van der Waals surface area contributed by atoms with Gasteiger partial charge in [0.15, 0.2) is 0 Å². The Kier molecular flexibility index (Phi) is 2.79. The molecule has 2 aromatic carbocycles. The lowest BCUT2D eigenvalue weighted by molar-refractivity contribution is 0.0697. The molecule has 0 spiro atoms. The van der Waals surface area contributed by atoms with Crippen molar-refractivity contribution < 1.29 is 9.90 Å². The standard InChI is InChI=1S/C13H8BrN3O2/c14-9-3-1-2-4-11(9)17-12-7-8(13(18)19)5-6-10(12)15-16-17/h1-7H,(H,18,19). The Bertz CT molecular complexity index is 782. The van der Waals surface area contributed by atoms with Crippen molar-refractivity contribution in [2.24, 2.45) is 0 Å². The molecule has 0 saturated heterocycles. The van der Waals surface area contributed by atoms with E-state index < -0.39 is 5.97 Å². The van der Waals surface area contributed by atoms with Gasteiger partial charge in [0.25, 0.3) is 0 Å². The molecule has 19 heavy (non-hydrogen) atoms. The molecule has 1 N–H and O–H groups in total. The van der Waals surface area contributed by atoms with Crippen LogP contribution in [0, 0.1) is 0 Å².